The molecule has 2 amide bonds. The number of alkyl carbamates (subject to hydrolysis) is 1. The zero-order valence-corrected chi connectivity index (χ0v) is 23.4. The van der Waals surface area contributed by atoms with Crippen molar-refractivity contribution in [2.75, 3.05) is 6.54 Å². The standard InChI is InChI=1S/C32H39N3O6/c1-24(39-21-25-13-5-2-6-14-25)29(31(37)40-22-26-15-7-3-8-16-26)35-30(36)28(33)19-11-12-20-34-32(38)41-23-27-17-9-4-10-18-27/h2-10,13-18,24,28-29H,11-12,19-23,33H2,1H3,(H,34,38)(H,35,36)/t24-,28+,29+/m1/s1. The van der Waals surface area contributed by atoms with Gasteiger partial charge in [-0.25, -0.2) is 9.59 Å². The highest BCUT2D eigenvalue weighted by atomic mass is 16.5. The smallest absolute Gasteiger partial charge is 0.407 e. The van der Waals surface area contributed by atoms with E-state index >= 15 is 0 Å². The van der Waals surface area contributed by atoms with Gasteiger partial charge in [0.15, 0.2) is 6.04 Å². The molecule has 0 unspecified atom stereocenters. The molecule has 0 spiro atoms. The van der Waals surface area contributed by atoms with Crippen LogP contribution < -0.4 is 16.4 Å². The third-order valence-electron chi connectivity index (χ3n) is 6.36. The Kier molecular flexibility index (Phi) is 13.3. The van der Waals surface area contributed by atoms with E-state index in [0.29, 0.717) is 25.8 Å². The number of hydrogen-bond donors (Lipinski definition) is 3. The maximum Gasteiger partial charge on any atom is 0.407 e. The molecule has 9 heteroatoms. The molecule has 3 rings (SSSR count). The third kappa shape index (κ3) is 11.8. The van der Waals surface area contributed by atoms with Gasteiger partial charge in [-0.15, -0.1) is 0 Å². The SMILES string of the molecule is C[C@@H](OCc1ccccc1)[C@H](NC(=O)[C@@H](N)CCCCNC(=O)OCc1ccccc1)C(=O)OCc1ccccc1. The maximum absolute atomic E-state index is 13.0. The Bertz CT molecular complexity index is 1190. The molecule has 4 N–H and O–H groups in total. The fraction of sp³-hybridized carbons (Fsp3) is 0.344. The van der Waals surface area contributed by atoms with Gasteiger partial charge in [0.05, 0.1) is 18.8 Å². The second kappa shape index (κ2) is 17.5. The summed E-state index contributed by atoms with van der Waals surface area (Å²) in [6.45, 7) is 2.64. The summed E-state index contributed by atoms with van der Waals surface area (Å²) in [5.74, 6) is -1.08. The van der Waals surface area contributed by atoms with Gasteiger partial charge in [0.1, 0.15) is 13.2 Å². The first kappa shape index (κ1) is 31.3. The number of benzene rings is 3. The molecule has 0 saturated carbocycles. The summed E-state index contributed by atoms with van der Waals surface area (Å²) in [5, 5.41) is 5.42. The van der Waals surface area contributed by atoms with E-state index in [2.05, 4.69) is 10.6 Å². The lowest BCUT2D eigenvalue weighted by Gasteiger charge is -2.25. The van der Waals surface area contributed by atoms with E-state index in [1.165, 1.54) is 0 Å². The van der Waals surface area contributed by atoms with Gasteiger partial charge in [-0.2, -0.15) is 0 Å². The second-order valence-electron chi connectivity index (χ2n) is 9.67. The van der Waals surface area contributed by atoms with Gasteiger partial charge in [0.25, 0.3) is 0 Å². The van der Waals surface area contributed by atoms with Crippen LogP contribution in [0, 0.1) is 0 Å². The molecule has 9 nitrogen and oxygen atoms in total. The summed E-state index contributed by atoms with van der Waals surface area (Å²) < 4.78 is 16.6. The third-order valence-corrected chi connectivity index (χ3v) is 6.36. The van der Waals surface area contributed by atoms with Gasteiger partial charge in [-0.3, -0.25) is 4.79 Å². The number of nitrogens with one attached hydrogen (secondary N) is 2. The van der Waals surface area contributed by atoms with Crippen molar-refractivity contribution in [1.29, 1.82) is 0 Å². The Balaban J connectivity index is 1.43. The summed E-state index contributed by atoms with van der Waals surface area (Å²) in [6, 6.07) is 26.4. The molecule has 0 aliphatic rings. The normalized spacial score (nSPS) is 12.9. The van der Waals surface area contributed by atoms with Crippen LogP contribution >= 0.6 is 0 Å². The molecule has 0 radical (unpaired) electrons. The Labute approximate surface area is 241 Å². The summed E-state index contributed by atoms with van der Waals surface area (Å²) in [4.78, 5) is 37.8. The molecule has 0 heterocycles. The van der Waals surface area contributed by atoms with Gasteiger partial charge < -0.3 is 30.6 Å². The van der Waals surface area contributed by atoms with Crippen LogP contribution in [0.5, 0.6) is 0 Å². The average molecular weight is 562 g/mol. The van der Waals surface area contributed by atoms with Crippen LogP contribution in [0.4, 0.5) is 4.79 Å². The fourth-order valence-electron chi connectivity index (χ4n) is 3.93. The number of rotatable bonds is 16. The van der Waals surface area contributed by atoms with Gasteiger partial charge >= 0.3 is 12.1 Å². The van der Waals surface area contributed by atoms with Crippen LogP contribution in [0.15, 0.2) is 91.0 Å². The van der Waals surface area contributed by atoms with E-state index in [1.54, 1.807) is 6.92 Å². The van der Waals surface area contributed by atoms with Crippen LogP contribution in [0.2, 0.25) is 0 Å². The van der Waals surface area contributed by atoms with Crippen LogP contribution in [0.3, 0.4) is 0 Å². The molecule has 0 saturated heterocycles. The van der Waals surface area contributed by atoms with E-state index in [9.17, 15) is 14.4 Å². The molecular formula is C32H39N3O6. The quantitative estimate of drug-likeness (QED) is 0.176. The van der Waals surface area contributed by atoms with Gasteiger partial charge in [-0.1, -0.05) is 91.0 Å². The molecule has 3 atom stereocenters. The highest BCUT2D eigenvalue weighted by Gasteiger charge is 2.31. The Hall–Kier alpha value is -4.21. The molecule has 3 aromatic carbocycles. The fourth-order valence-corrected chi connectivity index (χ4v) is 3.93. The van der Waals surface area contributed by atoms with E-state index in [4.69, 9.17) is 19.9 Å². The zero-order valence-electron chi connectivity index (χ0n) is 23.4. The molecule has 0 aliphatic heterocycles. The number of carbonyl (C=O) groups excluding carboxylic acids is 3. The van der Waals surface area contributed by atoms with Gasteiger partial charge in [0, 0.05) is 6.54 Å². The van der Waals surface area contributed by atoms with Crippen LogP contribution in [0.1, 0.15) is 42.9 Å². The van der Waals surface area contributed by atoms with Crippen LogP contribution in [0.25, 0.3) is 0 Å². The lowest BCUT2D eigenvalue weighted by molar-refractivity contribution is -0.154. The molecule has 218 valence electrons. The molecule has 41 heavy (non-hydrogen) atoms. The Morgan fingerprint density at radius 1 is 0.732 bits per heavy atom. The van der Waals surface area contributed by atoms with E-state index < -0.39 is 36.2 Å². The molecule has 0 aromatic heterocycles. The van der Waals surface area contributed by atoms with Crippen molar-refractivity contribution in [2.45, 2.75) is 64.2 Å². The second-order valence-corrected chi connectivity index (χ2v) is 9.67. The first-order valence-electron chi connectivity index (χ1n) is 13.8. The topological polar surface area (TPSA) is 129 Å². The number of unbranched alkanes of at least 4 members (excludes halogenated alkanes) is 1. The van der Waals surface area contributed by atoms with Gasteiger partial charge in [0.2, 0.25) is 5.91 Å². The first-order valence-corrected chi connectivity index (χ1v) is 13.8. The largest absolute Gasteiger partial charge is 0.459 e. The summed E-state index contributed by atoms with van der Waals surface area (Å²) in [6.07, 6.45) is 0.410. The number of amides is 2. The highest BCUT2D eigenvalue weighted by molar-refractivity contribution is 5.87. The lowest BCUT2D eigenvalue weighted by atomic mass is 10.1. The van der Waals surface area contributed by atoms with Crippen molar-refractivity contribution < 1.29 is 28.6 Å². The predicted molar refractivity (Wildman–Crippen MR) is 155 cm³/mol. The highest BCUT2D eigenvalue weighted by Crippen LogP contribution is 2.11. The average Bonchev–Trinajstić information content (AvgIpc) is 3.01. The van der Waals surface area contributed by atoms with Gasteiger partial charge in [-0.05, 0) is 42.9 Å². The van der Waals surface area contributed by atoms with Crippen molar-refractivity contribution in [3.63, 3.8) is 0 Å². The predicted octanol–water partition coefficient (Wildman–Crippen LogP) is 4.24. The zero-order chi connectivity index (χ0) is 29.3. The molecule has 0 fully saturated rings. The number of ether oxygens (including phenoxy) is 3. The molecule has 0 bridgehead atoms. The first-order chi connectivity index (χ1) is 19.9. The lowest BCUT2D eigenvalue weighted by Crippen LogP contribution is -2.53. The number of esters is 1. The van der Waals surface area contributed by atoms with E-state index in [1.807, 2.05) is 91.0 Å². The van der Waals surface area contributed by atoms with Crippen molar-refractivity contribution >= 4 is 18.0 Å². The molecule has 3 aromatic rings. The number of carbonyl (C=O) groups is 3. The summed E-state index contributed by atoms with van der Waals surface area (Å²) >= 11 is 0. The van der Waals surface area contributed by atoms with Crippen molar-refractivity contribution in [1.82, 2.24) is 10.6 Å². The van der Waals surface area contributed by atoms with E-state index in [-0.39, 0.29) is 19.8 Å². The van der Waals surface area contributed by atoms with Crippen LogP contribution in [-0.2, 0) is 43.6 Å². The minimum atomic E-state index is -1.04. The minimum absolute atomic E-state index is 0.0737. The van der Waals surface area contributed by atoms with Crippen molar-refractivity contribution in [2.24, 2.45) is 5.73 Å². The molecular weight excluding hydrogens is 522 g/mol. The Morgan fingerprint density at radius 2 is 1.24 bits per heavy atom. The number of nitrogens with two attached hydrogens (primary N) is 1. The van der Waals surface area contributed by atoms with Crippen LogP contribution in [-0.4, -0.2) is 42.7 Å². The molecule has 0 aliphatic carbocycles. The van der Waals surface area contributed by atoms with Crippen molar-refractivity contribution in [3.05, 3.63) is 108 Å². The monoisotopic (exact) mass is 561 g/mol. The summed E-state index contributed by atoms with van der Waals surface area (Å²) in [5.41, 5.74) is 8.81. The van der Waals surface area contributed by atoms with E-state index in [0.717, 1.165) is 16.7 Å². The van der Waals surface area contributed by atoms with Crippen molar-refractivity contribution in [3.8, 4) is 0 Å². The number of hydrogen-bond acceptors (Lipinski definition) is 7. The summed E-state index contributed by atoms with van der Waals surface area (Å²) in [7, 11) is 0. The minimum Gasteiger partial charge on any atom is -0.459 e. The maximum atomic E-state index is 13.0. The Morgan fingerprint density at radius 3 is 1.80 bits per heavy atom.